The highest BCUT2D eigenvalue weighted by Gasteiger charge is 2.39. The first-order valence-electron chi connectivity index (χ1n) is 11.5. The Bertz CT molecular complexity index is 615. The van der Waals surface area contributed by atoms with Crippen molar-refractivity contribution in [2.24, 2.45) is 0 Å². The summed E-state index contributed by atoms with van der Waals surface area (Å²) in [7, 11) is 0. The van der Waals surface area contributed by atoms with Gasteiger partial charge >= 0.3 is 0 Å². The number of carbonyl (C=O) groups is 2. The van der Waals surface area contributed by atoms with Crippen molar-refractivity contribution in [3.8, 4) is 5.75 Å². The lowest BCUT2D eigenvalue weighted by molar-refractivity contribution is -0.121. The van der Waals surface area contributed by atoms with Crippen LogP contribution >= 0.6 is 0 Å². The van der Waals surface area contributed by atoms with Crippen LogP contribution in [0.3, 0.4) is 0 Å². The molecule has 0 spiro atoms. The molecule has 1 atom stereocenters. The zero-order chi connectivity index (χ0) is 20.9. The van der Waals surface area contributed by atoms with Gasteiger partial charge in [0.2, 0.25) is 5.91 Å². The Kier molecular flexibility index (Phi) is 10.8. The number of rotatable bonds is 15. The number of imide groups is 1. The van der Waals surface area contributed by atoms with Gasteiger partial charge in [-0.3, -0.25) is 9.59 Å². The Labute approximate surface area is 176 Å². The molecular formula is C24H38N2O3. The highest BCUT2D eigenvalue weighted by molar-refractivity contribution is 6.22. The summed E-state index contributed by atoms with van der Waals surface area (Å²) in [6.07, 6.45) is 13.1. The SMILES string of the molecule is CCCCCCCCCCCCN[C@@H]1CC(=O)N(c2ccc(OCC)cc2)C1=O. The number of carbonyl (C=O) groups excluding carboxylic acids is 2. The maximum atomic E-state index is 12.7. The maximum Gasteiger partial charge on any atom is 0.251 e. The van der Waals surface area contributed by atoms with E-state index in [2.05, 4.69) is 12.2 Å². The summed E-state index contributed by atoms with van der Waals surface area (Å²) in [6.45, 7) is 5.55. The molecule has 0 aliphatic carbocycles. The molecule has 1 fully saturated rings. The molecule has 162 valence electrons. The lowest BCUT2D eigenvalue weighted by atomic mass is 10.1. The average molecular weight is 403 g/mol. The molecule has 2 rings (SSSR count). The molecule has 1 aromatic carbocycles. The van der Waals surface area contributed by atoms with Crippen molar-refractivity contribution in [2.45, 2.75) is 90.5 Å². The summed E-state index contributed by atoms with van der Waals surface area (Å²) in [4.78, 5) is 26.3. The first kappa shape index (κ1) is 23.4. The monoisotopic (exact) mass is 402 g/mol. The first-order chi connectivity index (χ1) is 14.2. The number of hydrogen-bond acceptors (Lipinski definition) is 4. The fraction of sp³-hybridized carbons (Fsp3) is 0.667. The van der Waals surface area contributed by atoms with Crippen LogP contribution in [0.5, 0.6) is 5.75 Å². The summed E-state index contributed by atoms with van der Waals surface area (Å²) < 4.78 is 5.42. The second-order valence-electron chi connectivity index (χ2n) is 7.89. The van der Waals surface area contributed by atoms with Crippen LogP contribution in [0.15, 0.2) is 24.3 Å². The van der Waals surface area contributed by atoms with Crippen LogP contribution in [-0.4, -0.2) is 31.0 Å². The molecule has 5 nitrogen and oxygen atoms in total. The van der Waals surface area contributed by atoms with Crippen molar-refractivity contribution in [1.29, 1.82) is 0 Å². The molecule has 0 saturated carbocycles. The number of nitrogens with one attached hydrogen (secondary N) is 1. The van der Waals surface area contributed by atoms with Crippen molar-refractivity contribution in [3.63, 3.8) is 0 Å². The number of amides is 2. The number of hydrogen-bond donors (Lipinski definition) is 1. The van der Waals surface area contributed by atoms with Gasteiger partial charge in [-0.2, -0.15) is 0 Å². The molecule has 29 heavy (non-hydrogen) atoms. The van der Waals surface area contributed by atoms with E-state index in [0.717, 1.165) is 18.7 Å². The second-order valence-corrected chi connectivity index (χ2v) is 7.89. The van der Waals surface area contributed by atoms with Crippen LogP contribution in [0.4, 0.5) is 5.69 Å². The summed E-state index contributed by atoms with van der Waals surface area (Å²) in [5, 5.41) is 3.28. The van der Waals surface area contributed by atoms with Crippen LogP contribution < -0.4 is 15.0 Å². The third kappa shape index (κ3) is 7.81. The van der Waals surface area contributed by atoms with Gasteiger partial charge in [-0.25, -0.2) is 4.90 Å². The smallest absolute Gasteiger partial charge is 0.251 e. The van der Waals surface area contributed by atoms with Crippen LogP contribution in [0.2, 0.25) is 0 Å². The molecule has 1 aromatic rings. The zero-order valence-corrected chi connectivity index (χ0v) is 18.3. The number of ether oxygens (including phenoxy) is 1. The molecule has 0 bridgehead atoms. The molecule has 1 aliphatic heterocycles. The number of benzene rings is 1. The number of unbranched alkanes of at least 4 members (excludes halogenated alkanes) is 9. The van der Waals surface area contributed by atoms with E-state index in [1.54, 1.807) is 24.3 Å². The molecule has 0 unspecified atom stereocenters. The predicted octanol–water partition coefficient (Wildman–Crippen LogP) is 5.23. The van der Waals surface area contributed by atoms with Crippen molar-refractivity contribution < 1.29 is 14.3 Å². The van der Waals surface area contributed by atoms with Crippen molar-refractivity contribution in [3.05, 3.63) is 24.3 Å². The molecular weight excluding hydrogens is 364 g/mol. The Morgan fingerprint density at radius 2 is 1.48 bits per heavy atom. The van der Waals surface area contributed by atoms with E-state index in [4.69, 9.17) is 4.74 Å². The minimum atomic E-state index is -0.396. The van der Waals surface area contributed by atoms with Crippen LogP contribution in [0, 0.1) is 0 Å². The van der Waals surface area contributed by atoms with Gasteiger partial charge < -0.3 is 10.1 Å². The lowest BCUT2D eigenvalue weighted by Gasteiger charge is -2.16. The van der Waals surface area contributed by atoms with Crippen molar-refractivity contribution >= 4 is 17.5 Å². The first-order valence-corrected chi connectivity index (χ1v) is 11.5. The Morgan fingerprint density at radius 3 is 2.07 bits per heavy atom. The van der Waals surface area contributed by atoms with E-state index in [0.29, 0.717) is 12.3 Å². The highest BCUT2D eigenvalue weighted by atomic mass is 16.5. The fourth-order valence-electron chi connectivity index (χ4n) is 3.81. The zero-order valence-electron chi connectivity index (χ0n) is 18.3. The largest absolute Gasteiger partial charge is 0.494 e. The molecule has 1 saturated heterocycles. The van der Waals surface area contributed by atoms with E-state index >= 15 is 0 Å². The number of anilines is 1. The third-order valence-electron chi connectivity index (χ3n) is 5.47. The molecule has 2 amide bonds. The second kappa shape index (κ2) is 13.4. The van der Waals surface area contributed by atoms with E-state index in [9.17, 15) is 9.59 Å². The predicted molar refractivity (Wildman–Crippen MR) is 118 cm³/mol. The molecule has 1 aliphatic rings. The van der Waals surface area contributed by atoms with Crippen LogP contribution in [0.1, 0.15) is 84.5 Å². The van der Waals surface area contributed by atoms with Gasteiger partial charge in [0.1, 0.15) is 5.75 Å². The lowest BCUT2D eigenvalue weighted by Crippen LogP contribution is -2.39. The standard InChI is InChI=1S/C24H38N2O3/c1-3-5-6-7-8-9-10-11-12-13-18-25-22-19-23(27)26(24(22)28)20-14-16-21(17-15-20)29-4-2/h14-17,22,25H,3-13,18-19H2,1-2H3/t22-/m1/s1. The fourth-order valence-corrected chi connectivity index (χ4v) is 3.81. The van der Waals surface area contributed by atoms with Gasteiger partial charge in [0.15, 0.2) is 0 Å². The van der Waals surface area contributed by atoms with Crippen LogP contribution in [0.25, 0.3) is 0 Å². The summed E-state index contributed by atoms with van der Waals surface area (Å²) in [5.74, 6) is 0.456. The van der Waals surface area contributed by atoms with E-state index in [1.165, 1.54) is 62.7 Å². The van der Waals surface area contributed by atoms with E-state index in [-0.39, 0.29) is 18.2 Å². The van der Waals surface area contributed by atoms with Gasteiger partial charge in [-0.1, -0.05) is 64.7 Å². The topological polar surface area (TPSA) is 58.6 Å². The van der Waals surface area contributed by atoms with Gasteiger partial charge in [-0.05, 0) is 44.2 Å². The molecule has 5 heteroatoms. The summed E-state index contributed by atoms with van der Waals surface area (Å²) in [6, 6.07) is 6.73. The van der Waals surface area contributed by atoms with Crippen molar-refractivity contribution in [2.75, 3.05) is 18.1 Å². The number of nitrogens with zero attached hydrogens (tertiary/aromatic N) is 1. The maximum absolute atomic E-state index is 12.7. The highest BCUT2D eigenvalue weighted by Crippen LogP contribution is 2.25. The summed E-state index contributed by atoms with van der Waals surface area (Å²) >= 11 is 0. The molecule has 0 radical (unpaired) electrons. The van der Waals surface area contributed by atoms with Gasteiger partial charge in [0.25, 0.3) is 5.91 Å². The summed E-state index contributed by atoms with van der Waals surface area (Å²) in [5.41, 5.74) is 0.617. The minimum absolute atomic E-state index is 0.139. The van der Waals surface area contributed by atoms with E-state index in [1.807, 2.05) is 6.92 Å². The molecule has 1 N–H and O–H groups in total. The Morgan fingerprint density at radius 1 is 0.897 bits per heavy atom. The van der Waals surface area contributed by atoms with Gasteiger partial charge in [0, 0.05) is 0 Å². The Balaban J connectivity index is 1.62. The van der Waals surface area contributed by atoms with Crippen molar-refractivity contribution in [1.82, 2.24) is 5.32 Å². The van der Waals surface area contributed by atoms with Crippen LogP contribution in [-0.2, 0) is 9.59 Å². The Hall–Kier alpha value is -1.88. The quantitative estimate of drug-likeness (QED) is 0.322. The van der Waals surface area contributed by atoms with E-state index < -0.39 is 6.04 Å². The normalized spacial score (nSPS) is 16.6. The molecule has 0 aromatic heterocycles. The molecule has 1 heterocycles. The average Bonchev–Trinajstić information content (AvgIpc) is 3.00. The minimum Gasteiger partial charge on any atom is -0.494 e. The van der Waals surface area contributed by atoms with Gasteiger partial charge in [0.05, 0.1) is 24.8 Å². The third-order valence-corrected chi connectivity index (χ3v) is 5.47. The van der Waals surface area contributed by atoms with Gasteiger partial charge in [-0.15, -0.1) is 0 Å².